The van der Waals surface area contributed by atoms with E-state index in [1.165, 1.54) is 0 Å². The van der Waals surface area contributed by atoms with Crippen molar-refractivity contribution in [2.75, 3.05) is 13.7 Å². The summed E-state index contributed by atoms with van der Waals surface area (Å²) in [6, 6.07) is 7.86. The number of rotatable bonds is 6. The van der Waals surface area contributed by atoms with Crippen molar-refractivity contribution in [3.05, 3.63) is 29.8 Å². The molecule has 0 aliphatic rings. The Morgan fingerprint density at radius 3 is 2.38 bits per heavy atom. The van der Waals surface area contributed by atoms with E-state index < -0.39 is 0 Å². The molecule has 1 aromatic rings. The second-order valence-corrected chi connectivity index (χ2v) is 4.35. The van der Waals surface area contributed by atoms with Gasteiger partial charge in [0.05, 0.1) is 20.3 Å². The molecule has 0 spiro atoms. The summed E-state index contributed by atoms with van der Waals surface area (Å²) in [4.78, 5) is 0. The van der Waals surface area contributed by atoms with Crippen LogP contribution in [-0.4, -0.2) is 19.3 Å². The fourth-order valence-corrected chi connectivity index (χ4v) is 1.23. The summed E-state index contributed by atoms with van der Waals surface area (Å²) >= 11 is 0. The van der Waals surface area contributed by atoms with Crippen LogP contribution >= 0.6 is 0 Å². The van der Waals surface area contributed by atoms with Crippen molar-refractivity contribution in [2.45, 2.75) is 32.4 Å². The molecule has 0 heterocycles. The van der Waals surface area contributed by atoms with E-state index in [9.17, 15) is 0 Å². The molecule has 90 valence electrons. The SMILES string of the molecule is CCC(C)(N)COCc1ccc(OC)cc1. The molecule has 3 nitrogen and oxygen atoms in total. The number of benzene rings is 1. The Bertz CT molecular complexity index is 306. The molecule has 0 saturated carbocycles. The van der Waals surface area contributed by atoms with Gasteiger partial charge in [-0.15, -0.1) is 0 Å². The summed E-state index contributed by atoms with van der Waals surface area (Å²) in [5.74, 6) is 0.862. The zero-order valence-electron chi connectivity index (χ0n) is 10.3. The lowest BCUT2D eigenvalue weighted by molar-refractivity contribution is 0.0777. The number of hydrogen-bond donors (Lipinski definition) is 1. The van der Waals surface area contributed by atoms with E-state index in [1.807, 2.05) is 31.2 Å². The molecular formula is C13H21NO2. The van der Waals surface area contributed by atoms with Gasteiger partial charge in [-0.1, -0.05) is 19.1 Å². The first-order valence-electron chi connectivity index (χ1n) is 5.57. The minimum Gasteiger partial charge on any atom is -0.497 e. The highest BCUT2D eigenvalue weighted by atomic mass is 16.5. The molecule has 0 aliphatic heterocycles. The Morgan fingerprint density at radius 2 is 1.88 bits per heavy atom. The first kappa shape index (κ1) is 13.0. The maximum absolute atomic E-state index is 5.98. The first-order chi connectivity index (χ1) is 7.57. The average molecular weight is 223 g/mol. The van der Waals surface area contributed by atoms with Gasteiger partial charge < -0.3 is 15.2 Å². The van der Waals surface area contributed by atoms with Crippen molar-refractivity contribution in [3.63, 3.8) is 0 Å². The van der Waals surface area contributed by atoms with Crippen molar-refractivity contribution in [1.82, 2.24) is 0 Å². The highest BCUT2D eigenvalue weighted by molar-refractivity contribution is 5.26. The van der Waals surface area contributed by atoms with Crippen LogP contribution in [0.3, 0.4) is 0 Å². The third-order valence-corrected chi connectivity index (χ3v) is 2.67. The number of hydrogen-bond acceptors (Lipinski definition) is 3. The zero-order valence-corrected chi connectivity index (χ0v) is 10.3. The van der Waals surface area contributed by atoms with Gasteiger partial charge in [0.25, 0.3) is 0 Å². The normalized spacial score (nSPS) is 14.5. The van der Waals surface area contributed by atoms with Gasteiger partial charge in [0, 0.05) is 5.54 Å². The third-order valence-electron chi connectivity index (χ3n) is 2.67. The molecule has 3 heteroatoms. The molecule has 0 bridgehead atoms. The van der Waals surface area contributed by atoms with E-state index in [2.05, 4.69) is 6.92 Å². The van der Waals surface area contributed by atoms with Crippen molar-refractivity contribution in [3.8, 4) is 5.75 Å². The maximum atomic E-state index is 5.98. The molecule has 0 aliphatic carbocycles. The molecule has 2 N–H and O–H groups in total. The van der Waals surface area contributed by atoms with E-state index >= 15 is 0 Å². The fraction of sp³-hybridized carbons (Fsp3) is 0.538. The minimum atomic E-state index is -0.230. The van der Waals surface area contributed by atoms with Crippen LogP contribution in [0.1, 0.15) is 25.8 Å². The Morgan fingerprint density at radius 1 is 1.25 bits per heavy atom. The summed E-state index contributed by atoms with van der Waals surface area (Å²) in [5.41, 5.74) is 6.88. The average Bonchev–Trinajstić information content (AvgIpc) is 2.30. The van der Waals surface area contributed by atoms with Gasteiger partial charge in [-0.25, -0.2) is 0 Å². The highest BCUT2D eigenvalue weighted by Gasteiger charge is 2.15. The second kappa shape index (κ2) is 5.87. The first-order valence-corrected chi connectivity index (χ1v) is 5.57. The molecule has 16 heavy (non-hydrogen) atoms. The standard InChI is InChI=1S/C13H21NO2/c1-4-13(2,14)10-16-9-11-5-7-12(15-3)8-6-11/h5-8H,4,9-10,14H2,1-3H3. The molecule has 0 fully saturated rings. The van der Waals surface area contributed by atoms with Crippen LogP contribution in [0.4, 0.5) is 0 Å². The molecular weight excluding hydrogens is 202 g/mol. The van der Waals surface area contributed by atoms with Gasteiger partial charge in [-0.3, -0.25) is 0 Å². The Hall–Kier alpha value is -1.06. The van der Waals surface area contributed by atoms with Gasteiger partial charge in [0.2, 0.25) is 0 Å². The molecule has 1 unspecified atom stereocenters. The predicted molar refractivity (Wildman–Crippen MR) is 65.5 cm³/mol. The van der Waals surface area contributed by atoms with Gasteiger partial charge >= 0.3 is 0 Å². The Kier molecular flexibility index (Phi) is 4.77. The minimum absolute atomic E-state index is 0.230. The lowest BCUT2D eigenvalue weighted by Crippen LogP contribution is -2.40. The summed E-state index contributed by atoms with van der Waals surface area (Å²) in [6.45, 7) is 5.24. The van der Waals surface area contributed by atoms with Crippen molar-refractivity contribution >= 4 is 0 Å². The largest absolute Gasteiger partial charge is 0.497 e. The summed E-state index contributed by atoms with van der Waals surface area (Å²) in [7, 11) is 1.66. The van der Waals surface area contributed by atoms with Crippen molar-refractivity contribution in [1.29, 1.82) is 0 Å². The number of nitrogens with two attached hydrogens (primary N) is 1. The summed E-state index contributed by atoms with van der Waals surface area (Å²) in [6.07, 6.45) is 0.912. The van der Waals surface area contributed by atoms with Crippen LogP contribution in [0.5, 0.6) is 5.75 Å². The second-order valence-electron chi connectivity index (χ2n) is 4.35. The highest BCUT2D eigenvalue weighted by Crippen LogP contribution is 2.13. The van der Waals surface area contributed by atoms with E-state index in [4.69, 9.17) is 15.2 Å². The Balaban J connectivity index is 2.37. The van der Waals surface area contributed by atoms with Crippen molar-refractivity contribution in [2.24, 2.45) is 5.73 Å². The van der Waals surface area contributed by atoms with E-state index in [-0.39, 0.29) is 5.54 Å². The monoisotopic (exact) mass is 223 g/mol. The van der Waals surface area contributed by atoms with Crippen LogP contribution < -0.4 is 10.5 Å². The van der Waals surface area contributed by atoms with E-state index in [0.717, 1.165) is 17.7 Å². The number of ether oxygens (including phenoxy) is 2. The summed E-state index contributed by atoms with van der Waals surface area (Å²) < 4.78 is 10.7. The zero-order chi connectivity index (χ0) is 12.0. The van der Waals surface area contributed by atoms with Crippen LogP contribution in [0.2, 0.25) is 0 Å². The van der Waals surface area contributed by atoms with Crippen molar-refractivity contribution < 1.29 is 9.47 Å². The Labute approximate surface area is 97.6 Å². The molecule has 1 atom stereocenters. The summed E-state index contributed by atoms with van der Waals surface area (Å²) in [5, 5.41) is 0. The van der Waals surface area contributed by atoms with E-state index in [0.29, 0.717) is 13.2 Å². The molecule has 1 rings (SSSR count). The van der Waals surface area contributed by atoms with Crippen LogP contribution in [-0.2, 0) is 11.3 Å². The molecule has 0 aromatic heterocycles. The van der Waals surface area contributed by atoms with Gasteiger partial charge in [0.1, 0.15) is 5.75 Å². The lowest BCUT2D eigenvalue weighted by Gasteiger charge is -2.22. The lowest BCUT2D eigenvalue weighted by atomic mass is 10.0. The smallest absolute Gasteiger partial charge is 0.118 e. The predicted octanol–water partition coefficient (Wildman–Crippen LogP) is 2.34. The van der Waals surface area contributed by atoms with Gasteiger partial charge in [-0.2, -0.15) is 0 Å². The van der Waals surface area contributed by atoms with Crippen LogP contribution in [0, 0.1) is 0 Å². The van der Waals surface area contributed by atoms with E-state index in [1.54, 1.807) is 7.11 Å². The van der Waals surface area contributed by atoms with Gasteiger partial charge in [-0.05, 0) is 31.0 Å². The topological polar surface area (TPSA) is 44.5 Å². The molecule has 1 aromatic carbocycles. The quantitative estimate of drug-likeness (QED) is 0.805. The van der Waals surface area contributed by atoms with Gasteiger partial charge in [0.15, 0.2) is 0 Å². The van der Waals surface area contributed by atoms with Crippen LogP contribution in [0.25, 0.3) is 0 Å². The number of methoxy groups -OCH3 is 1. The molecule has 0 saturated heterocycles. The maximum Gasteiger partial charge on any atom is 0.118 e. The molecule has 0 radical (unpaired) electrons. The fourth-order valence-electron chi connectivity index (χ4n) is 1.23. The third kappa shape index (κ3) is 4.21. The molecule has 0 amide bonds. The van der Waals surface area contributed by atoms with Crippen LogP contribution in [0.15, 0.2) is 24.3 Å².